The molecule has 0 N–H and O–H groups in total. The fourth-order valence-corrected chi connectivity index (χ4v) is 2.05. The second-order valence-electron chi connectivity index (χ2n) is 4.88. The molecule has 110 valence electrons. The zero-order valence-electron chi connectivity index (χ0n) is 12.1. The van der Waals surface area contributed by atoms with Crippen molar-refractivity contribution in [1.82, 2.24) is 24.6 Å². The van der Waals surface area contributed by atoms with Crippen molar-refractivity contribution in [3.05, 3.63) is 42.5 Å². The zero-order chi connectivity index (χ0) is 14.7. The van der Waals surface area contributed by atoms with E-state index in [4.69, 9.17) is 8.83 Å². The molecule has 3 aromatic heterocycles. The molecule has 0 amide bonds. The van der Waals surface area contributed by atoms with Gasteiger partial charge in [-0.3, -0.25) is 4.90 Å². The van der Waals surface area contributed by atoms with Crippen LogP contribution in [0, 0.1) is 6.92 Å². The number of hydrogen-bond donors (Lipinski definition) is 0. The number of furan rings is 1. The highest BCUT2D eigenvalue weighted by Gasteiger charge is 2.12. The molecule has 0 atom stereocenters. The van der Waals surface area contributed by atoms with Crippen LogP contribution >= 0.6 is 0 Å². The Morgan fingerprint density at radius 1 is 1.33 bits per heavy atom. The first-order chi connectivity index (χ1) is 10.2. The molecule has 7 nitrogen and oxygen atoms in total. The van der Waals surface area contributed by atoms with E-state index in [1.165, 1.54) is 0 Å². The summed E-state index contributed by atoms with van der Waals surface area (Å²) >= 11 is 0. The number of aromatic nitrogens is 4. The largest absolute Gasteiger partial charge is 0.459 e. The van der Waals surface area contributed by atoms with Gasteiger partial charge >= 0.3 is 0 Å². The van der Waals surface area contributed by atoms with Crippen molar-refractivity contribution in [3.8, 4) is 11.7 Å². The van der Waals surface area contributed by atoms with Crippen LogP contribution in [-0.2, 0) is 13.1 Å². The van der Waals surface area contributed by atoms with Crippen LogP contribution in [0.2, 0.25) is 0 Å². The van der Waals surface area contributed by atoms with Gasteiger partial charge in [0, 0.05) is 25.5 Å². The third-order valence-corrected chi connectivity index (χ3v) is 3.25. The minimum absolute atomic E-state index is 0.411. The van der Waals surface area contributed by atoms with Crippen LogP contribution in [0.3, 0.4) is 0 Å². The van der Waals surface area contributed by atoms with E-state index in [-0.39, 0.29) is 0 Å². The molecule has 0 saturated carbocycles. The number of rotatable bonds is 6. The summed E-state index contributed by atoms with van der Waals surface area (Å²) in [7, 11) is 2.02. The molecule has 0 fully saturated rings. The van der Waals surface area contributed by atoms with Crippen LogP contribution in [0.5, 0.6) is 0 Å². The van der Waals surface area contributed by atoms with E-state index in [0.717, 1.165) is 18.9 Å². The van der Waals surface area contributed by atoms with E-state index in [0.29, 0.717) is 24.1 Å². The molecule has 3 aromatic rings. The molecule has 0 unspecified atom stereocenters. The lowest BCUT2D eigenvalue weighted by Crippen LogP contribution is -2.23. The van der Waals surface area contributed by atoms with Gasteiger partial charge in [-0.2, -0.15) is 0 Å². The normalized spacial score (nSPS) is 11.4. The maximum absolute atomic E-state index is 5.58. The highest BCUT2D eigenvalue weighted by Crippen LogP contribution is 2.18. The van der Waals surface area contributed by atoms with Crippen molar-refractivity contribution >= 4 is 0 Å². The SMILES string of the molecule is Cc1nccn1CCN(C)Cc1nnc(-c2ccco2)o1. The van der Waals surface area contributed by atoms with Gasteiger partial charge in [0.2, 0.25) is 5.89 Å². The van der Waals surface area contributed by atoms with E-state index in [1.54, 1.807) is 18.4 Å². The third kappa shape index (κ3) is 3.19. The van der Waals surface area contributed by atoms with Gasteiger partial charge in [0.1, 0.15) is 5.82 Å². The lowest BCUT2D eigenvalue weighted by Gasteiger charge is -2.14. The molecule has 0 spiro atoms. The minimum Gasteiger partial charge on any atom is -0.459 e. The fraction of sp³-hybridized carbons (Fsp3) is 0.357. The van der Waals surface area contributed by atoms with Crippen molar-refractivity contribution in [2.24, 2.45) is 0 Å². The van der Waals surface area contributed by atoms with Gasteiger partial charge < -0.3 is 13.4 Å². The molecule has 7 heteroatoms. The molecule has 21 heavy (non-hydrogen) atoms. The summed E-state index contributed by atoms with van der Waals surface area (Å²) in [6.07, 6.45) is 5.37. The third-order valence-electron chi connectivity index (χ3n) is 3.25. The summed E-state index contributed by atoms with van der Waals surface area (Å²) in [5.74, 6) is 2.59. The van der Waals surface area contributed by atoms with Crippen molar-refractivity contribution in [3.63, 3.8) is 0 Å². The maximum Gasteiger partial charge on any atom is 0.283 e. The second kappa shape index (κ2) is 5.92. The van der Waals surface area contributed by atoms with Crippen molar-refractivity contribution in [2.45, 2.75) is 20.0 Å². The van der Waals surface area contributed by atoms with Crippen LogP contribution in [0.4, 0.5) is 0 Å². The van der Waals surface area contributed by atoms with Gasteiger partial charge in [0.25, 0.3) is 5.89 Å². The molecule has 0 aromatic carbocycles. The number of aryl methyl sites for hydroxylation is 1. The summed E-state index contributed by atoms with van der Waals surface area (Å²) in [6.45, 7) is 4.34. The Balaban J connectivity index is 1.55. The smallest absolute Gasteiger partial charge is 0.283 e. The van der Waals surface area contributed by atoms with E-state index < -0.39 is 0 Å². The molecule has 0 aliphatic rings. The number of hydrogen-bond acceptors (Lipinski definition) is 6. The average Bonchev–Trinajstić information content (AvgIpc) is 3.17. The van der Waals surface area contributed by atoms with Gasteiger partial charge in [-0.05, 0) is 26.1 Å². The zero-order valence-corrected chi connectivity index (χ0v) is 12.1. The summed E-state index contributed by atoms with van der Waals surface area (Å²) in [4.78, 5) is 6.33. The van der Waals surface area contributed by atoms with Gasteiger partial charge in [-0.25, -0.2) is 4.98 Å². The van der Waals surface area contributed by atoms with Crippen LogP contribution in [0.1, 0.15) is 11.7 Å². The molecule has 0 aliphatic heterocycles. The first-order valence-electron chi connectivity index (χ1n) is 6.75. The molecule has 0 bridgehead atoms. The van der Waals surface area contributed by atoms with Gasteiger partial charge in [0.15, 0.2) is 5.76 Å². The molecule has 0 aliphatic carbocycles. The van der Waals surface area contributed by atoms with Crippen LogP contribution in [0.25, 0.3) is 11.7 Å². The summed E-state index contributed by atoms with van der Waals surface area (Å²) < 4.78 is 12.9. The molecule has 3 rings (SSSR count). The number of nitrogens with zero attached hydrogens (tertiary/aromatic N) is 5. The average molecular weight is 287 g/mol. The Bertz CT molecular complexity index is 686. The van der Waals surface area contributed by atoms with E-state index in [1.807, 2.05) is 26.4 Å². The maximum atomic E-state index is 5.58. The lowest BCUT2D eigenvalue weighted by atomic mass is 10.4. The van der Waals surface area contributed by atoms with E-state index in [2.05, 4.69) is 24.6 Å². The van der Waals surface area contributed by atoms with E-state index >= 15 is 0 Å². The first-order valence-corrected chi connectivity index (χ1v) is 6.75. The van der Waals surface area contributed by atoms with E-state index in [9.17, 15) is 0 Å². The summed E-state index contributed by atoms with van der Waals surface area (Å²) in [6, 6.07) is 3.58. The quantitative estimate of drug-likeness (QED) is 0.690. The monoisotopic (exact) mass is 287 g/mol. The van der Waals surface area contributed by atoms with Crippen molar-refractivity contribution in [1.29, 1.82) is 0 Å². The van der Waals surface area contributed by atoms with Gasteiger partial charge in [0.05, 0.1) is 12.8 Å². The van der Waals surface area contributed by atoms with Crippen molar-refractivity contribution in [2.75, 3.05) is 13.6 Å². The molecular weight excluding hydrogens is 270 g/mol. The Labute approximate surface area is 122 Å². The lowest BCUT2D eigenvalue weighted by molar-refractivity contribution is 0.277. The van der Waals surface area contributed by atoms with Gasteiger partial charge in [-0.1, -0.05) is 0 Å². The number of imidazole rings is 1. The highest BCUT2D eigenvalue weighted by molar-refractivity contribution is 5.42. The van der Waals surface area contributed by atoms with Crippen LogP contribution in [-0.4, -0.2) is 38.2 Å². The topological polar surface area (TPSA) is 73.1 Å². The fourth-order valence-electron chi connectivity index (χ4n) is 2.05. The Kier molecular flexibility index (Phi) is 3.83. The predicted molar refractivity (Wildman–Crippen MR) is 75.3 cm³/mol. The summed E-state index contributed by atoms with van der Waals surface area (Å²) in [5, 5.41) is 8.02. The molecular formula is C14H17N5O2. The molecule has 3 heterocycles. The standard InChI is InChI=1S/C14H17N5O2/c1-11-15-5-6-19(11)8-7-18(2)10-13-16-17-14(21-13)12-4-3-9-20-12/h3-6,9H,7-8,10H2,1-2H3. The van der Waals surface area contributed by atoms with Gasteiger partial charge in [-0.15, -0.1) is 10.2 Å². The minimum atomic E-state index is 0.411. The Hall–Kier alpha value is -2.41. The molecule has 0 saturated heterocycles. The van der Waals surface area contributed by atoms with Crippen LogP contribution in [0.15, 0.2) is 39.6 Å². The second-order valence-corrected chi connectivity index (χ2v) is 4.88. The summed E-state index contributed by atoms with van der Waals surface area (Å²) in [5.41, 5.74) is 0. The van der Waals surface area contributed by atoms with Crippen LogP contribution < -0.4 is 0 Å². The predicted octanol–water partition coefficient (Wildman–Crippen LogP) is 1.97. The Morgan fingerprint density at radius 2 is 2.24 bits per heavy atom. The first kappa shape index (κ1) is 13.6. The Morgan fingerprint density at radius 3 is 2.95 bits per heavy atom. The van der Waals surface area contributed by atoms with Crippen molar-refractivity contribution < 1.29 is 8.83 Å². The number of likely N-dealkylation sites (N-methyl/N-ethyl adjacent to an activating group) is 1. The highest BCUT2D eigenvalue weighted by atomic mass is 16.4. The molecule has 0 radical (unpaired) electrons.